The summed E-state index contributed by atoms with van der Waals surface area (Å²) in [6, 6.07) is 1.80. The van der Waals surface area contributed by atoms with Crippen molar-refractivity contribution >= 4 is 0 Å². The Morgan fingerprint density at radius 3 is 1.76 bits per heavy atom. The molecule has 0 spiro atoms. The van der Waals surface area contributed by atoms with Gasteiger partial charge in [0.15, 0.2) is 0 Å². The molecule has 0 bridgehead atoms. The summed E-state index contributed by atoms with van der Waals surface area (Å²) in [6.45, 7) is 2.18. The van der Waals surface area contributed by atoms with Crippen molar-refractivity contribution in [2.24, 2.45) is 23.7 Å². The van der Waals surface area contributed by atoms with Crippen LogP contribution in [0.2, 0.25) is 0 Å². The van der Waals surface area contributed by atoms with Crippen LogP contribution in [0, 0.1) is 58.8 Å². The lowest BCUT2D eigenvalue weighted by Gasteiger charge is -2.39. The highest BCUT2D eigenvalue weighted by Gasteiger charge is 2.45. The van der Waals surface area contributed by atoms with E-state index >= 15 is 8.78 Å². The number of rotatable bonds is 8. The molecule has 42 heavy (non-hydrogen) atoms. The van der Waals surface area contributed by atoms with E-state index in [1.54, 1.807) is 0 Å². The average Bonchev–Trinajstić information content (AvgIpc) is 2.90. The maximum Gasteiger partial charge on any atom is 0.458 e. The van der Waals surface area contributed by atoms with Gasteiger partial charge in [0.1, 0.15) is 29.0 Å². The number of unbranched alkanes of at least 4 members (excludes halogenated alkanes) is 1. The normalized spacial score (nSPS) is 23.3. The molecule has 4 rings (SSSR count). The van der Waals surface area contributed by atoms with Crippen LogP contribution in [0.25, 0.3) is 11.1 Å². The van der Waals surface area contributed by atoms with Crippen molar-refractivity contribution < 1.29 is 44.3 Å². The molecule has 0 amide bonds. The molecule has 2 aromatic carbocycles. The van der Waals surface area contributed by atoms with Crippen LogP contribution < -0.4 is 4.74 Å². The number of halogens is 9. The fourth-order valence-corrected chi connectivity index (χ4v) is 6.46. The summed E-state index contributed by atoms with van der Waals surface area (Å²) in [5, 5.41) is 0. The van der Waals surface area contributed by atoms with Crippen LogP contribution >= 0.6 is 0 Å². The fraction of sp³-hybridized carbons (Fsp3) is 0.562. The lowest BCUT2D eigenvalue weighted by Crippen LogP contribution is -2.38. The first-order valence-corrected chi connectivity index (χ1v) is 14.4. The topological polar surface area (TPSA) is 9.23 Å². The maximum absolute atomic E-state index is 15.1. The van der Waals surface area contributed by atoms with Gasteiger partial charge in [0.2, 0.25) is 0 Å². The van der Waals surface area contributed by atoms with E-state index in [2.05, 4.69) is 6.92 Å². The van der Waals surface area contributed by atoms with Crippen LogP contribution in [0.3, 0.4) is 0 Å². The van der Waals surface area contributed by atoms with E-state index in [1.165, 1.54) is 38.0 Å². The van der Waals surface area contributed by atoms with E-state index in [1.807, 2.05) is 0 Å². The molecule has 2 fully saturated rings. The van der Waals surface area contributed by atoms with Crippen molar-refractivity contribution in [2.45, 2.75) is 89.8 Å². The summed E-state index contributed by atoms with van der Waals surface area (Å²) >= 11 is 0. The van der Waals surface area contributed by atoms with Crippen molar-refractivity contribution in [2.75, 3.05) is 0 Å². The Kier molecular flexibility index (Phi) is 10.1. The second-order valence-electron chi connectivity index (χ2n) is 11.5. The smallest absolute Gasteiger partial charge is 0.432 e. The Labute approximate surface area is 239 Å². The maximum atomic E-state index is 15.1. The third-order valence-electron chi connectivity index (χ3n) is 8.70. The fourth-order valence-electron chi connectivity index (χ4n) is 6.46. The Morgan fingerprint density at radius 2 is 1.26 bits per heavy atom. The Bertz CT molecular complexity index is 1250. The monoisotopic (exact) mass is 604 g/mol. The molecule has 0 aromatic heterocycles. The van der Waals surface area contributed by atoms with Gasteiger partial charge in [-0.05, 0) is 74.0 Å². The second kappa shape index (κ2) is 13.2. The minimum absolute atomic E-state index is 0.221. The summed E-state index contributed by atoms with van der Waals surface area (Å²) in [4.78, 5) is 0. The molecule has 0 N–H and O–H groups in total. The van der Waals surface area contributed by atoms with Gasteiger partial charge in [-0.25, -0.2) is 17.6 Å². The first-order valence-electron chi connectivity index (χ1n) is 14.4. The van der Waals surface area contributed by atoms with Gasteiger partial charge in [-0.1, -0.05) is 44.9 Å². The molecule has 0 unspecified atom stereocenters. The van der Waals surface area contributed by atoms with E-state index in [0.29, 0.717) is 48.9 Å². The van der Waals surface area contributed by atoms with Gasteiger partial charge in [0.05, 0.1) is 17.0 Å². The van der Waals surface area contributed by atoms with Gasteiger partial charge < -0.3 is 4.74 Å². The largest absolute Gasteiger partial charge is 0.458 e. The average molecular weight is 605 g/mol. The van der Waals surface area contributed by atoms with E-state index in [4.69, 9.17) is 4.74 Å². The third-order valence-corrected chi connectivity index (χ3v) is 8.70. The molecule has 0 saturated heterocycles. The predicted octanol–water partition coefficient (Wildman–Crippen LogP) is 10.6. The van der Waals surface area contributed by atoms with Gasteiger partial charge >= 0.3 is 12.3 Å². The van der Waals surface area contributed by atoms with Crippen LogP contribution in [0.4, 0.5) is 39.5 Å². The van der Waals surface area contributed by atoms with E-state index < -0.39 is 63.9 Å². The Morgan fingerprint density at radius 1 is 0.738 bits per heavy atom. The van der Waals surface area contributed by atoms with Gasteiger partial charge in [0.25, 0.3) is 0 Å². The van der Waals surface area contributed by atoms with Gasteiger partial charge in [-0.2, -0.15) is 22.0 Å². The summed E-state index contributed by atoms with van der Waals surface area (Å²) in [5.41, 5.74) is -2.87. The number of benzene rings is 2. The molecule has 2 saturated carbocycles. The van der Waals surface area contributed by atoms with Crippen LogP contribution in [0.1, 0.15) is 83.1 Å². The van der Waals surface area contributed by atoms with Crippen molar-refractivity contribution in [3.63, 3.8) is 0 Å². The van der Waals surface area contributed by atoms with Crippen molar-refractivity contribution in [3.8, 4) is 28.7 Å². The third kappa shape index (κ3) is 7.96. The van der Waals surface area contributed by atoms with Gasteiger partial charge in [0, 0.05) is 18.1 Å². The SMILES string of the molecule is CCCCC1CCC(C2CCC(C(F)(F)Oc3cc(F)c(-c4cc(F)c(C#CC(F)(F)F)c(F)c4)c(F)c3)CC2)CC1. The molecule has 0 radical (unpaired) electrons. The lowest BCUT2D eigenvalue weighted by atomic mass is 9.68. The first-order chi connectivity index (χ1) is 19.8. The summed E-state index contributed by atoms with van der Waals surface area (Å²) in [5.74, 6) is -4.25. The summed E-state index contributed by atoms with van der Waals surface area (Å²) < 4.78 is 130. The molecule has 230 valence electrons. The molecule has 2 aromatic rings. The molecule has 10 heteroatoms. The molecule has 0 heterocycles. The van der Waals surface area contributed by atoms with Crippen LogP contribution in [0.15, 0.2) is 24.3 Å². The number of ether oxygens (including phenoxy) is 1. The lowest BCUT2D eigenvalue weighted by molar-refractivity contribution is -0.224. The predicted molar refractivity (Wildman–Crippen MR) is 141 cm³/mol. The number of hydrogen-bond donors (Lipinski definition) is 0. The molecule has 1 nitrogen and oxygen atoms in total. The minimum atomic E-state index is -5.01. The highest BCUT2D eigenvalue weighted by molar-refractivity contribution is 5.67. The molecule has 0 atom stereocenters. The minimum Gasteiger partial charge on any atom is -0.432 e. The Hall–Kier alpha value is -2.83. The van der Waals surface area contributed by atoms with Crippen molar-refractivity contribution in [3.05, 3.63) is 53.1 Å². The molecule has 2 aliphatic carbocycles. The van der Waals surface area contributed by atoms with E-state index in [0.717, 1.165) is 24.7 Å². The zero-order valence-electron chi connectivity index (χ0n) is 23.2. The number of alkyl halides is 5. The quantitative estimate of drug-likeness (QED) is 0.215. The van der Waals surface area contributed by atoms with Crippen LogP contribution in [-0.2, 0) is 0 Å². The summed E-state index contributed by atoms with van der Waals surface area (Å²) in [7, 11) is 0. The van der Waals surface area contributed by atoms with Gasteiger partial charge in [-0.3, -0.25) is 0 Å². The number of hydrogen-bond acceptors (Lipinski definition) is 1. The van der Waals surface area contributed by atoms with Gasteiger partial charge in [-0.15, -0.1) is 0 Å². The Balaban J connectivity index is 1.40. The van der Waals surface area contributed by atoms with Crippen LogP contribution in [0.5, 0.6) is 5.75 Å². The molecular formula is C32H33F9O. The zero-order valence-corrected chi connectivity index (χ0v) is 23.2. The van der Waals surface area contributed by atoms with Crippen LogP contribution in [-0.4, -0.2) is 12.3 Å². The highest BCUT2D eigenvalue weighted by atomic mass is 19.4. The molecular weight excluding hydrogens is 571 g/mol. The first kappa shape index (κ1) is 32.1. The zero-order chi connectivity index (χ0) is 30.7. The highest BCUT2D eigenvalue weighted by Crippen LogP contribution is 2.46. The van der Waals surface area contributed by atoms with E-state index in [-0.39, 0.29) is 12.8 Å². The second-order valence-corrected chi connectivity index (χ2v) is 11.5. The van der Waals surface area contributed by atoms with E-state index in [9.17, 15) is 30.7 Å². The summed E-state index contributed by atoms with van der Waals surface area (Å²) in [6.07, 6.45) is 1.30. The van der Waals surface area contributed by atoms with Crippen molar-refractivity contribution in [1.82, 2.24) is 0 Å². The molecule has 2 aliphatic rings. The van der Waals surface area contributed by atoms with Crippen molar-refractivity contribution in [1.29, 1.82) is 0 Å². The standard InChI is InChI=1S/C32H33F9O/c1-2-3-4-19-5-7-20(8-6-19)21-9-11-23(12-10-21)32(40,41)42-24-17-28(35)30(29(36)18-24)22-15-26(33)25(27(34)16-22)13-14-31(37,38)39/h15-21,23H,2-12H2,1H3. The molecule has 0 aliphatic heterocycles.